The van der Waals surface area contributed by atoms with Gasteiger partial charge in [0, 0.05) is 6.54 Å². The molecule has 0 amide bonds. The largest absolute Gasteiger partial charge is 0.484 e. The van der Waals surface area contributed by atoms with Crippen LogP contribution in [0.2, 0.25) is 0 Å². The quantitative estimate of drug-likeness (QED) is 0.910. The molecule has 0 bridgehead atoms. The van der Waals surface area contributed by atoms with Gasteiger partial charge in [-0.1, -0.05) is 35.9 Å². The van der Waals surface area contributed by atoms with Crippen molar-refractivity contribution < 1.29 is 4.74 Å². The third-order valence-corrected chi connectivity index (χ3v) is 3.82. The van der Waals surface area contributed by atoms with Crippen molar-refractivity contribution >= 4 is 0 Å². The Hall–Kier alpha value is -1.80. The van der Waals surface area contributed by atoms with Gasteiger partial charge in [0.25, 0.3) is 0 Å². The number of hydrogen-bond acceptors (Lipinski definition) is 2. The molecule has 2 nitrogen and oxygen atoms in total. The molecule has 1 atom stereocenters. The highest BCUT2D eigenvalue weighted by atomic mass is 16.5. The van der Waals surface area contributed by atoms with Crippen LogP contribution in [0.5, 0.6) is 5.75 Å². The lowest BCUT2D eigenvalue weighted by Crippen LogP contribution is -2.20. The molecule has 0 aliphatic carbocycles. The SMILES string of the molecule is Cc1ccc(C)c(C(CN)Oc2cccc(C)c2C)c1. The maximum absolute atomic E-state index is 6.17. The van der Waals surface area contributed by atoms with E-state index in [1.807, 2.05) is 12.1 Å². The van der Waals surface area contributed by atoms with Crippen LogP contribution >= 0.6 is 0 Å². The van der Waals surface area contributed by atoms with Gasteiger partial charge in [0.15, 0.2) is 0 Å². The third-order valence-electron chi connectivity index (χ3n) is 3.82. The van der Waals surface area contributed by atoms with Gasteiger partial charge in [0.05, 0.1) is 0 Å². The van der Waals surface area contributed by atoms with E-state index in [0.717, 1.165) is 5.75 Å². The molecule has 0 saturated carbocycles. The fraction of sp³-hybridized carbons (Fsp3) is 0.333. The molecule has 0 saturated heterocycles. The van der Waals surface area contributed by atoms with Crippen LogP contribution in [-0.4, -0.2) is 6.54 Å². The first kappa shape index (κ1) is 14.6. The zero-order chi connectivity index (χ0) is 14.7. The van der Waals surface area contributed by atoms with Crippen molar-refractivity contribution in [1.82, 2.24) is 0 Å². The first-order valence-electron chi connectivity index (χ1n) is 7.03. The summed E-state index contributed by atoms with van der Waals surface area (Å²) >= 11 is 0. The molecule has 2 N–H and O–H groups in total. The van der Waals surface area contributed by atoms with Crippen molar-refractivity contribution in [2.24, 2.45) is 5.73 Å². The van der Waals surface area contributed by atoms with E-state index in [1.54, 1.807) is 0 Å². The Kier molecular flexibility index (Phi) is 4.46. The molecule has 106 valence electrons. The molecule has 2 heteroatoms. The molecule has 1 unspecified atom stereocenters. The zero-order valence-electron chi connectivity index (χ0n) is 12.7. The smallest absolute Gasteiger partial charge is 0.136 e. The minimum atomic E-state index is -0.101. The van der Waals surface area contributed by atoms with Gasteiger partial charge in [-0.3, -0.25) is 0 Å². The number of nitrogens with two attached hydrogens (primary N) is 1. The Morgan fingerprint density at radius 3 is 2.45 bits per heavy atom. The summed E-state index contributed by atoms with van der Waals surface area (Å²) in [5.74, 6) is 0.918. The number of benzene rings is 2. The summed E-state index contributed by atoms with van der Waals surface area (Å²) < 4.78 is 6.17. The van der Waals surface area contributed by atoms with Gasteiger partial charge in [-0.05, 0) is 56.0 Å². The summed E-state index contributed by atoms with van der Waals surface area (Å²) in [4.78, 5) is 0. The van der Waals surface area contributed by atoms with E-state index in [9.17, 15) is 0 Å². The van der Waals surface area contributed by atoms with Crippen molar-refractivity contribution in [1.29, 1.82) is 0 Å². The fourth-order valence-electron chi connectivity index (χ4n) is 2.35. The number of hydrogen-bond donors (Lipinski definition) is 1. The van der Waals surface area contributed by atoms with E-state index in [0.29, 0.717) is 6.54 Å². The molecule has 2 aromatic rings. The lowest BCUT2D eigenvalue weighted by molar-refractivity contribution is 0.212. The van der Waals surface area contributed by atoms with Gasteiger partial charge >= 0.3 is 0 Å². The standard InChI is InChI=1S/C18H23NO/c1-12-8-9-14(3)16(10-12)18(11-19)20-17-7-5-6-13(2)15(17)4/h5-10,18H,11,19H2,1-4H3. The molecule has 2 aromatic carbocycles. The van der Waals surface area contributed by atoms with Crippen LogP contribution < -0.4 is 10.5 Å². The van der Waals surface area contributed by atoms with Crippen LogP contribution in [-0.2, 0) is 0 Å². The second-order valence-electron chi connectivity index (χ2n) is 5.40. The normalized spacial score (nSPS) is 12.2. The summed E-state index contributed by atoms with van der Waals surface area (Å²) in [6, 6.07) is 12.5. The van der Waals surface area contributed by atoms with Crippen LogP contribution in [0.25, 0.3) is 0 Å². The van der Waals surface area contributed by atoms with Gasteiger partial charge in [-0.2, -0.15) is 0 Å². The van der Waals surface area contributed by atoms with Gasteiger partial charge < -0.3 is 10.5 Å². The number of rotatable bonds is 4. The highest BCUT2D eigenvalue weighted by molar-refractivity contribution is 5.40. The fourth-order valence-corrected chi connectivity index (χ4v) is 2.35. The third kappa shape index (κ3) is 3.02. The first-order valence-corrected chi connectivity index (χ1v) is 7.03. The summed E-state index contributed by atoms with van der Waals surface area (Å²) in [5.41, 5.74) is 12.0. The molecule has 0 aromatic heterocycles. The predicted molar refractivity (Wildman–Crippen MR) is 84.3 cm³/mol. The second-order valence-corrected chi connectivity index (χ2v) is 5.40. The maximum atomic E-state index is 6.17. The van der Waals surface area contributed by atoms with Crippen LogP contribution in [0, 0.1) is 27.7 Å². The van der Waals surface area contributed by atoms with Gasteiger partial charge in [-0.25, -0.2) is 0 Å². The molecular formula is C18H23NO. The predicted octanol–water partition coefficient (Wildman–Crippen LogP) is 4.00. The number of aryl methyl sites for hydroxylation is 3. The van der Waals surface area contributed by atoms with Crippen molar-refractivity contribution in [3.05, 3.63) is 64.2 Å². The molecule has 20 heavy (non-hydrogen) atoms. The molecule has 2 rings (SSSR count). The number of ether oxygens (including phenoxy) is 1. The maximum Gasteiger partial charge on any atom is 0.136 e. The lowest BCUT2D eigenvalue weighted by Gasteiger charge is -2.22. The molecule has 0 fully saturated rings. The van der Waals surface area contributed by atoms with Crippen LogP contribution in [0.4, 0.5) is 0 Å². The van der Waals surface area contributed by atoms with Gasteiger partial charge in [0.2, 0.25) is 0 Å². The molecule has 0 aliphatic rings. The van der Waals surface area contributed by atoms with E-state index < -0.39 is 0 Å². The molecule has 0 aliphatic heterocycles. The second kappa shape index (κ2) is 6.10. The minimum absolute atomic E-state index is 0.101. The van der Waals surface area contributed by atoms with Crippen LogP contribution in [0.3, 0.4) is 0 Å². The average molecular weight is 269 g/mol. The minimum Gasteiger partial charge on any atom is -0.484 e. The van der Waals surface area contributed by atoms with E-state index >= 15 is 0 Å². The Bertz CT molecular complexity index is 604. The summed E-state index contributed by atoms with van der Waals surface area (Å²) in [6.07, 6.45) is -0.101. The first-order chi connectivity index (χ1) is 9.52. The average Bonchev–Trinajstić information content (AvgIpc) is 2.43. The van der Waals surface area contributed by atoms with E-state index in [1.165, 1.54) is 27.8 Å². The van der Waals surface area contributed by atoms with E-state index in [2.05, 4.69) is 52.0 Å². The molecule has 0 radical (unpaired) electrons. The molecule has 0 spiro atoms. The van der Waals surface area contributed by atoms with Crippen molar-refractivity contribution in [3.63, 3.8) is 0 Å². The monoisotopic (exact) mass is 269 g/mol. The van der Waals surface area contributed by atoms with Crippen molar-refractivity contribution in [2.75, 3.05) is 6.54 Å². The van der Waals surface area contributed by atoms with Crippen LogP contribution in [0.1, 0.15) is 33.9 Å². The Morgan fingerprint density at radius 2 is 1.75 bits per heavy atom. The highest BCUT2D eigenvalue weighted by Crippen LogP contribution is 2.28. The van der Waals surface area contributed by atoms with E-state index in [-0.39, 0.29) is 6.10 Å². The summed E-state index contributed by atoms with van der Waals surface area (Å²) in [7, 11) is 0. The van der Waals surface area contributed by atoms with Gasteiger partial charge in [0.1, 0.15) is 11.9 Å². The van der Waals surface area contributed by atoms with Gasteiger partial charge in [-0.15, -0.1) is 0 Å². The van der Waals surface area contributed by atoms with Crippen molar-refractivity contribution in [3.8, 4) is 5.75 Å². The van der Waals surface area contributed by atoms with Crippen molar-refractivity contribution in [2.45, 2.75) is 33.8 Å². The van der Waals surface area contributed by atoms with Crippen LogP contribution in [0.15, 0.2) is 36.4 Å². The zero-order valence-corrected chi connectivity index (χ0v) is 12.7. The molecule has 0 heterocycles. The summed E-state index contributed by atoms with van der Waals surface area (Å²) in [6.45, 7) is 8.84. The Balaban J connectivity index is 2.34. The highest BCUT2D eigenvalue weighted by Gasteiger charge is 2.15. The lowest BCUT2D eigenvalue weighted by atomic mass is 10.0. The Labute approximate surface area is 121 Å². The molecular weight excluding hydrogens is 246 g/mol. The Morgan fingerprint density at radius 1 is 1.00 bits per heavy atom. The topological polar surface area (TPSA) is 35.2 Å². The summed E-state index contributed by atoms with van der Waals surface area (Å²) in [5, 5.41) is 0. The van der Waals surface area contributed by atoms with E-state index in [4.69, 9.17) is 10.5 Å².